The molecule has 3 nitrogen and oxygen atoms in total. The second-order valence-corrected chi connectivity index (χ2v) is 4.72. The molecular weight excluding hydrogens is 248 g/mol. The molecular formula is C17H16N2O. The molecule has 0 aliphatic heterocycles. The largest absolute Gasteiger partial charge is 0.392 e. The van der Waals surface area contributed by atoms with E-state index in [9.17, 15) is 0 Å². The molecule has 0 aliphatic rings. The second kappa shape index (κ2) is 5.72. The standard InChI is InChI=1S/C17H16N2O/c20-12-13-4-6-16(7-5-13)19-11-15-3-1-2-14-10-18-9-8-17(14)15/h1-10,19-20H,11-12H2. The molecule has 3 rings (SSSR count). The van der Waals surface area contributed by atoms with Crippen LogP contribution in [0, 0.1) is 0 Å². The van der Waals surface area contributed by atoms with Gasteiger partial charge in [-0.2, -0.15) is 0 Å². The minimum atomic E-state index is 0.0800. The lowest BCUT2D eigenvalue weighted by atomic mass is 10.1. The third-order valence-electron chi connectivity index (χ3n) is 3.39. The van der Waals surface area contributed by atoms with Crippen LogP contribution in [0.1, 0.15) is 11.1 Å². The first kappa shape index (κ1) is 12.6. The first-order valence-electron chi connectivity index (χ1n) is 6.62. The molecule has 2 N–H and O–H groups in total. The van der Waals surface area contributed by atoms with Crippen LogP contribution in [0.25, 0.3) is 10.8 Å². The zero-order chi connectivity index (χ0) is 13.8. The van der Waals surface area contributed by atoms with Gasteiger partial charge in [0.1, 0.15) is 0 Å². The molecule has 2 aromatic carbocycles. The van der Waals surface area contributed by atoms with Gasteiger partial charge in [0.2, 0.25) is 0 Å². The van der Waals surface area contributed by atoms with Crippen molar-refractivity contribution in [1.29, 1.82) is 0 Å². The average molecular weight is 264 g/mol. The third-order valence-corrected chi connectivity index (χ3v) is 3.39. The van der Waals surface area contributed by atoms with E-state index >= 15 is 0 Å². The summed E-state index contributed by atoms with van der Waals surface area (Å²) in [5.74, 6) is 0. The highest BCUT2D eigenvalue weighted by Gasteiger charge is 2.00. The third kappa shape index (κ3) is 2.63. The fourth-order valence-corrected chi connectivity index (χ4v) is 2.27. The molecule has 0 fully saturated rings. The highest BCUT2D eigenvalue weighted by Crippen LogP contribution is 2.19. The summed E-state index contributed by atoms with van der Waals surface area (Å²) in [6.07, 6.45) is 3.71. The smallest absolute Gasteiger partial charge is 0.0681 e. The van der Waals surface area contributed by atoms with Gasteiger partial charge in [0.05, 0.1) is 6.61 Å². The Labute approximate surface area is 117 Å². The first-order valence-corrected chi connectivity index (χ1v) is 6.62. The van der Waals surface area contributed by atoms with Crippen molar-refractivity contribution in [2.75, 3.05) is 5.32 Å². The monoisotopic (exact) mass is 264 g/mol. The fourth-order valence-electron chi connectivity index (χ4n) is 2.27. The van der Waals surface area contributed by atoms with Gasteiger partial charge < -0.3 is 10.4 Å². The van der Waals surface area contributed by atoms with Gasteiger partial charge in [0.15, 0.2) is 0 Å². The summed E-state index contributed by atoms with van der Waals surface area (Å²) in [5, 5.41) is 14.8. The molecule has 0 radical (unpaired) electrons. The normalized spacial score (nSPS) is 10.7. The van der Waals surface area contributed by atoms with Gasteiger partial charge in [-0.05, 0) is 34.7 Å². The molecule has 0 aliphatic carbocycles. The lowest BCUT2D eigenvalue weighted by molar-refractivity contribution is 0.282. The maximum absolute atomic E-state index is 9.03. The van der Waals surface area contributed by atoms with E-state index < -0.39 is 0 Å². The Balaban J connectivity index is 1.79. The predicted octanol–water partition coefficient (Wildman–Crippen LogP) is 3.34. The molecule has 0 spiro atoms. The minimum Gasteiger partial charge on any atom is -0.392 e. The molecule has 1 heterocycles. The van der Waals surface area contributed by atoms with E-state index in [2.05, 4.69) is 28.5 Å². The van der Waals surface area contributed by atoms with Crippen LogP contribution in [-0.4, -0.2) is 10.1 Å². The fraction of sp³-hybridized carbons (Fsp3) is 0.118. The molecule has 3 heteroatoms. The molecule has 0 saturated carbocycles. The molecule has 0 amide bonds. The zero-order valence-corrected chi connectivity index (χ0v) is 11.1. The average Bonchev–Trinajstić information content (AvgIpc) is 2.53. The van der Waals surface area contributed by atoms with Crippen molar-refractivity contribution in [3.05, 3.63) is 72.1 Å². The number of pyridine rings is 1. The Morgan fingerprint density at radius 3 is 2.65 bits per heavy atom. The summed E-state index contributed by atoms with van der Waals surface area (Å²) in [5.41, 5.74) is 3.22. The van der Waals surface area contributed by atoms with E-state index in [1.54, 1.807) is 0 Å². The van der Waals surface area contributed by atoms with Gasteiger partial charge in [-0.15, -0.1) is 0 Å². The van der Waals surface area contributed by atoms with Gasteiger partial charge in [0.25, 0.3) is 0 Å². The lowest BCUT2D eigenvalue weighted by Gasteiger charge is -2.09. The van der Waals surface area contributed by atoms with Gasteiger partial charge in [-0.3, -0.25) is 4.98 Å². The van der Waals surface area contributed by atoms with E-state index in [-0.39, 0.29) is 6.61 Å². The van der Waals surface area contributed by atoms with Crippen LogP contribution in [-0.2, 0) is 13.2 Å². The highest BCUT2D eigenvalue weighted by atomic mass is 16.3. The van der Waals surface area contributed by atoms with Crippen molar-refractivity contribution in [1.82, 2.24) is 4.98 Å². The maximum Gasteiger partial charge on any atom is 0.0681 e. The zero-order valence-electron chi connectivity index (χ0n) is 11.1. The molecule has 0 bridgehead atoms. The molecule has 0 saturated heterocycles. The van der Waals surface area contributed by atoms with Crippen molar-refractivity contribution in [2.45, 2.75) is 13.2 Å². The van der Waals surface area contributed by atoms with Gasteiger partial charge in [-0.25, -0.2) is 0 Å². The van der Waals surface area contributed by atoms with E-state index in [1.165, 1.54) is 10.9 Å². The molecule has 3 aromatic rings. The van der Waals surface area contributed by atoms with Gasteiger partial charge >= 0.3 is 0 Å². The summed E-state index contributed by atoms with van der Waals surface area (Å²) in [7, 11) is 0. The quantitative estimate of drug-likeness (QED) is 0.759. The molecule has 20 heavy (non-hydrogen) atoms. The summed E-state index contributed by atoms with van der Waals surface area (Å²) in [6.45, 7) is 0.844. The van der Waals surface area contributed by atoms with Crippen LogP contribution in [0.3, 0.4) is 0 Å². The Hall–Kier alpha value is -2.39. The predicted molar refractivity (Wildman–Crippen MR) is 81.4 cm³/mol. The SMILES string of the molecule is OCc1ccc(NCc2cccc3cnccc23)cc1. The van der Waals surface area contributed by atoms with Gasteiger partial charge in [0, 0.05) is 30.0 Å². The summed E-state index contributed by atoms with van der Waals surface area (Å²) in [4.78, 5) is 4.15. The number of rotatable bonds is 4. The van der Waals surface area contributed by atoms with Crippen LogP contribution in [0.5, 0.6) is 0 Å². The number of fused-ring (bicyclic) bond motifs is 1. The van der Waals surface area contributed by atoms with Crippen molar-refractivity contribution in [3.63, 3.8) is 0 Å². The number of nitrogens with zero attached hydrogens (tertiary/aromatic N) is 1. The van der Waals surface area contributed by atoms with Gasteiger partial charge in [-0.1, -0.05) is 30.3 Å². The molecule has 100 valence electrons. The van der Waals surface area contributed by atoms with Crippen molar-refractivity contribution in [3.8, 4) is 0 Å². The molecule has 1 aromatic heterocycles. The van der Waals surface area contributed by atoms with Crippen LogP contribution >= 0.6 is 0 Å². The van der Waals surface area contributed by atoms with Crippen molar-refractivity contribution in [2.24, 2.45) is 0 Å². The summed E-state index contributed by atoms with van der Waals surface area (Å²) >= 11 is 0. The number of hydrogen-bond donors (Lipinski definition) is 2. The van der Waals surface area contributed by atoms with E-state index in [4.69, 9.17) is 5.11 Å². The Bertz CT molecular complexity index is 702. The number of nitrogens with one attached hydrogen (secondary N) is 1. The van der Waals surface area contributed by atoms with Crippen LogP contribution in [0.15, 0.2) is 60.9 Å². The summed E-state index contributed by atoms with van der Waals surface area (Å²) < 4.78 is 0. The van der Waals surface area contributed by atoms with E-state index in [1.807, 2.05) is 42.7 Å². The number of aromatic nitrogens is 1. The van der Waals surface area contributed by atoms with Crippen LogP contribution in [0.4, 0.5) is 5.69 Å². The first-order chi connectivity index (χ1) is 9.86. The maximum atomic E-state index is 9.03. The number of aliphatic hydroxyl groups excluding tert-OH is 1. The number of aliphatic hydroxyl groups is 1. The van der Waals surface area contributed by atoms with Crippen molar-refractivity contribution >= 4 is 16.5 Å². The Morgan fingerprint density at radius 2 is 1.85 bits per heavy atom. The Kier molecular flexibility index (Phi) is 3.61. The van der Waals surface area contributed by atoms with Crippen LogP contribution < -0.4 is 5.32 Å². The minimum absolute atomic E-state index is 0.0800. The molecule has 0 atom stereocenters. The van der Waals surface area contributed by atoms with Crippen molar-refractivity contribution < 1.29 is 5.11 Å². The molecule has 0 unspecified atom stereocenters. The topological polar surface area (TPSA) is 45.1 Å². The number of benzene rings is 2. The number of anilines is 1. The van der Waals surface area contributed by atoms with E-state index in [0.717, 1.165) is 23.2 Å². The Morgan fingerprint density at radius 1 is 1.00 bits per heavy atom. The second-order valence-electron chi connectivity index (χ2n) is 4.72. The summed E-state index contributed by atoms with van der Waals surface area (Å²) in [6, 6.07) is 16.1. The lowest BCUT2D eigenvalue weighted by Crippen LogP contribution is -2.00. The number of hydrogen-bond acceptors (Lipinski definition) is 3. The van der Waals surface area contributed by atoms with E-state index in [0.29, 0.717) is 0 Å². The highest BCUT2D eigenvalue weighted by molar-refractivity contribution is 5.84. The van der Waals surface area contributed by atoms with Crippen LogP contribution in [0.2, 0.25) is 0 Å².